The van der Waals surface area contributed by atoms with Crippen LogP contribution in [0.4, 0.5) is 0 Å². The maximum atomic E-state index is 12.4. The van der Waals surface area contributed by atoms with Gasteiger partial charge in [0.25, 0.3) is 5.91 Å². The number of piperazine rings is 1. The van der Waals surface area contributed by atoms with Crippen LogP contribution in [0.1, 0.15) is 17.3 Å². The van der Waals surface area contributed by atoms with E-state index >= 15 is 0 Å². The molecular formula is C16H23N3O3. The monoisotopic (exact) mass is 305 g/mol. The van der Waals surface area contributed by atoms with Crippen molar-refractivity contribution in [1.82, 2.24) is 15.1 Å². The summed E-state index contributed by atoms with van der Waals surface area (Å²) in [6.07, 6.45) is 0. The van der Waals surface area contributed by atoms with Crippen molar-refractivity contribution in [2.45, 2.75) is 6.92 Å². The lowest BCUT2D eigenvalue weighted by atomic mass is 10.1. The highest BCUT2D eigenvalue weighted by Crippen LogP contribution is 2.15. The Bertz CT molecular complexity index is 539. The minimum absolute atomic E-state index is 0.0571. The van der Waals surface area contributed by atoms with E-state index in [2.05, 4.69) is 5.32 Å². The zero-order chi connectivity index (χ0) is 16.1. The molecule has 0 saturated carbocycles. The third-order valence-electron chi connectivity index (χ3n) is 3.90. The van der Waals surface area contributed by atoms with Gasteiger partial charge in [-0.2, -0.15) is 0 Å². The first-order chi connectivity index (χ1) is 10.5. The Morgan fingerprint density at radius 3 is 2.45 bits per heavy atom. The lowest BCUT2D eigenvalue weighted by Gasteiger charge is -2.36. The van der Waals surface area contributed by atoms with E-state index in [4.69, 9.17) is 0 Å². The van der Waals surface area contributed by atoms with E-state index in [1.54, 1.807) is 17.0 Å². The molecule has 1 atom stereocenters. The van der Waals surface area contributed by atoms with E-state index in [1.165, 1.54) is 12.1 Å². The molecule has 1 saturated heterocycles. The molecule has 1 fully saturated rings. The van der Waals surface area contributed by atoms with Crippen molar-refractivity contribution in [3.8, 4) is 5.75 Å². The summed E-state index contributed by atoms with van der Waals surface area (Å²) in [5.74, 6) is 0.0453. The van der Waals surface area contributed by atoms with Gasteiger partial charge < -0.3 is 20.2 Å². The second kappa shape index (κ2) is 7.26. The first kappa shape index (κ1) is 16.3. The maximum Gasteiger partial charge on any atom is 0.254 e. The number of carbonyl (C=O) groups is 2. The molecule has 1 unspecified atom stereocenters. The number of nitrogens with one attached hydrogen (secondary N) is 1. The molecule has 2 amide bonds. The van der Waals surface area contributed by atoms with Gasteiger partial charge in [-0.25, -0.2) is 0 Å². The Morgan fingerprint density at radius 1 is 1.23 bits per heavy atom. The summed E-state index contributed by atoms with van der Waals surface area (Å²) in [4.78, 5) is 28.1. The summed E-state index contributed by atoms with van der Waals surface area (Å²) < 4.78 is 0. The number of benzene rings is 1. The molecule has 2 N–H and O–H groups in total. The SMILES string of the molecule is CNCC(C)C(=O)N1CCN(C(=O)c2cccc(O)c2)CC1. The Balaban J connectivity index is 1.92. The highest BCUT2D eigenvalue weighted by Gasteiger charge is 2.27. The highest BCUT2D eigenvalue weighted by atomic mass is 16.3. The minimum atomic E-state index is -0.105. The van der Waals surface area contributed by atoms with Crippen LogP contribution in [0.15, 0.2) is 24.3 Å². The van der Waals surface area contributed by atoms with Crippen molar-refractivity contribution >= 4 is 11.8 Å². The number of phenols is 1. The maximum absolute atomic E-state index is 12.4. The van der Waals surface area contributed by atoms with E-state index in [9.17, 15) is 14.7 Å². The Hall–Kier alpha value is -2.08. The van der Waals surface area contributed by atoms with Gasteiger partial charge in [0.1, 0.15) is 5.75 Å². The van der Waals surface area contributed by atoms with Crippen LogP contribution in [0.2, 0.25) is 0 Å². The van der Waals surface area contributed by atoms with Crippen LogP contribution in [0.3, 0.4) is 0 Å². The fourth-order valence-corrected chi connectivity index (χ4v) is 2.66. The van der Waals surface area contributed by atoms with Crippen molar-refractivity contribution in [1.29, 1.82) is 0 Å². The van der Waals surface area contributed by atoms with Crippen molar-refractivity contribution in [3.63, 3.8) is 0 Å². The molecule has 1 aromatic rings. The fraction of sp³-hybridized carbons (Fsp3) is 0.500. The van der Waals surface area contributed by atoms with Crippen LogP contribution < -0.4 is 5.32 Å². The first-order valence-corrected chi connectivity index (χ1v) is 7.54. The average Bonchev–Trinajstić information content (AvgIpc) is 2.54. The predicted octanol–water partition coefficient (Wildman–Crippen LogP) is 0.532. The minimum Gasteiger partial charge on any atom is -0.508 e. The van der Waals surface area contributed by atoms with E-state index < -0.39 is 0 Å². The topological polar surface area (TPSA) is 72.9 Å². The van der Waals surface area contributed by atoms with Gasteiger partial charge in [-0.1, -0.05) is 13.0 Å². The molecule has 6 heteroatoms. The van der Waals surface area contributed by atoms with Gasteiger partial charge in [0.2, 0.25) is 5.91 Å². The van der Waals surface area contributed by atoms with Gasteiger partial charge in [-0.15, -0.1) is 0 Å². The molecule has 0 aliphatic carbocycles. The number of nitrogens with zero attached hydrogens (tertiary/aromatic N) is 2. The predicted molar refractivity (Wildman–Crippen MR) is 83.7 cm³/mol. The molecule has 6 nitrogen and oxygen atoms in total. The third kappa shape index (κ3) is 3.76. The molecule has 22 heavy (non-hydrogen) atoms. The molecule has 1 aliphatic rings. The smallest absolute Gasteiger partial charge is 0.254 e. The van der Waals surface area contributed by atoms with E-state index in [-0.39, 0.29) is 23.5 Å². The Labute approximate surface area is 130 Å². The van der Waals surface area contributed by atoms with Gasteiger partial charge >= 0.3 is 0 Å². The number of hydrogen-bond acceptors (Lipinski definition) is 4. The van der Waals surface area contributed by atoms with Crippen molar-refractivity contribution in [2.24, 2.45) is 5.92 Å². The van der Waals surface area contributed by atoms with Crippen molar-refractivity contribution in [3.05, 3.63) is 29.8 Å². The standard InChI is InChI=1S/C16H23N3O3/c1-12(11-17-2)15(21)18-6-8-19(9-7-18)16(22)13-4-3-5-14(20)10-13/h3-5,10,12,17,20H,6-9,11H2,1-2H3. The molecule has 2 rings (SSSR count). The second-order valence-corrected chi connectivity index (χ2v) is 5.63. The van der Waals surface area contributed by atoms with Gasteiger partial charge in [-0.3, -0.25) is 9.59 Å². The van der Waals surface area contributed by atoms with Gasteiger partial charge in [-0.05, 0) is 25.2 Å². The van der Waals surface area contributed by atoms with Crippen LogP contribution in [0.25, 0.3) is 0 Å². The summed E-state index contributed by atoms with van der Waals surface area (Å²) in [5.41, 5.74) is 0.475. The van der Waals surface area contributed by atoms with Crippen LogP contribution >= 0.6 is 0 Å². The molecule has 0 aromatic heterocycles. The number of carbonyl (C=O) groups excluding carboxylic acids is 2. The largest absolute Gasteiger partial charge is 0.508 e. The molecule has 120 valence electrons. The Kier molecular flexibility index (Phi) is 5.38. The third-order valence-corrected chi connectivity index (χ3v) is 3.90. The normalized spacial score (nSPS) is 16.5. The molecule has 1 aliphatic heterocycles. The number of hydrogen-bond donors (Lipinski definition) is 2. The number of phenolic OH excluding ortho intramolecular Hbond substituents is 1. The Morgan fingerprint density at radius 2 is 1.86 bits per heavy atom. The summed E-state index contributed by atoms with van der Waals surface area (Å²) in [7, 11) is 1.83. The number of amides is 2. The molecular weight excluding hydrogens is 282 g/mol. The summed E-state index contributed by atoms with van der Waals surface area (Å²) >= 11 is 0. The second-order valence-electron chi connectivity index (χ2n) is 5.63. The van der Waals surface area contributed by atoms with Crippen molar-refractivity contribution < 1.29 is 14.7 Å². The summed E-state index contributed by atoms with van der Waals surface area (Å²) in [6, 6.07) is 6.35. The molecule has 0 bridgehead atoms. The number of rotatable bonds is 4. The van der Waals surface area contributed by atoms with Gasteiger partial charge in [0, 0.05) is 44.2 Å². The lowest BCUT2D eigenvalue weighted by molar-refractivity contribution is -0.136. The molecule has 1 heterocycles. The van der Waals surface area contributed by atoms with E-state index in [0.717, 1.165) is 0 Å². The lowest BCUT2D eigenvalue weighted by Crippen LogP contribution is -2.52. The summed E-state index contributed by atoms with van der Waals surface area (Å²) in [6.45, 7) is 4.71. The zero-order valence-corrected chi connectivity index (χ0v) is 13.1. The summed E-state index contributed by atoms with van der Waals surface area (Å²) in [5, 5.41) is 12.5. The van der Waals surface area contributed by atoms with Crippen LogP contribution in [0.5, 0.6) is 5.75 Å². The van der Waals surface area contributed by atoms with Crippen LogP contribution in [0, 0.1) is 5.92 Å². The highest BCUT2D eigenvalue weighted by molar-refractivity contribution is 5.94. The van der Waals surface area contributed by atoms with Crippen molar-refractivity contribution in [2.75, 3.05) is 39.8 Å². The average molecular weight is 305 g/mol. The quantitative estimate of drug-likeness (QED) is 0.851. The van der Waals surface area contributed by atoms with E-state index in [0.29, 0.717) is 38.3 Å². The zero-order valence-electron chi connectivity index (χ0n) is 13.1. The molecule has 0 radical (unpaired) electrons. The fourth-order valence-electron chi connectivity index (χ4n) is 2.66. The van der Waals surface area contributed by atoms with Gasteiger partial charge in [0.05, 0.1) is 0 Å². The number of aromatic hydroxyl groups is 1. The van der Waals surface area contributed by atoms with Gasteiger partial charge in [0.15, 0.2) is 0 Å². The molecule has 0 spiro atoms. The first-order valence-electron chi connectivity index (χ1n) is 7.54. The van der Waals surface area contributed by atoms with Crippen LogP contribution in [-0.4, -0.2) is 66.5 Å². The van der Waals surface area contributed by atoms with Crippen LogP contribution in [-0.2, 0) is 4.79 Å². The molecule has 1 aromatic carbocycles. The van der Waals surface area contributed by atoms with E-state index in [1.807, 2.05) is 18.9 Å².